The van der Waals surface area contributed by atoms with Crippen LogP contribution in [0.1, 0.15) is 26.2 Å². The number of ether oxygens (including phenoxy) is 4. The van der Waals surface area contributed by atoms with Crippen molar-refractivity contribution < 1.29 is 34.0 Å². The Hall–Kier alpha value is -0.850. The number of nitrogens with one attached hydrogen (secondary N) is 3. The minimum absolute atomic E-state index is 0.0836. The summed E-state index contributed by atoms with van der Waals surface area (Å²) in [6, 6.07) is -0.287. The molecule has 0 aromatic heterocycles. The molecule has 0 aromatic rings. The highest BCUT2D eigenvalue weighted by Gasteiger charge is 2.13. The Morgan fingerprint density at radius 2 is 1.32 bits per heavy atom. The van der Waals surface area contributed by atoms with Gasteiger partial charge in [0.05, 0.1) is 45.7 Å². The van der Waals surface area contributed by atoms with Crippen LogP contribution in [0.25, 0.3) is 0 Å². The fourth-order valence-electron chi connectivity index (χ4n) is 2.16. The van der Waals surface area contributed by atoms with Gasteiger partial charge in [-0.15, -0.1) is 0 Å². The summed E-state index contributed by atoms with van der Waals surface area (Å²) in [5.74, 6) is -0.0836. The molecule has 10 heteroatoms. The predicted molar refractivity (Wildman–Crippen MR) is 105 cm³/mol. The van der Waals surface area contributed by atoms with Gasteiger partial charge in [-0.2, -0.15) is 0 Å². The number of aliphatic hydroxyl groups is 2. The van der Waals surface area contributed by atoms with Gasteiger partial charge in [-0.3, -0.25) is 15.4 Å². The average Bonchev–Trinajstić information content (AvgIpc) is 2.68. The highest BCUT2D eigenvalue weighted by molar-refractivity contribution is 5.75. The molecular formula is C18H39N3O7. The third-order valence-electron chi connectivity index (χ3n) is 3.77. The molecule has 0 saturated heterocycles. The lowest BCUT2D eigenvalue weighted by Gasteiger charge is -2.20. The first-order chi connectivity index (χ1) is 13.5. The first-order valence-electron chi connectivity index (χ1n) is 9.79. The molecule has 0 aromatic carbocycles. The van der Waals surface area contributed by atoms with E-state index in [0.29, 0.717) is 58.8 Å². The van der Waals surface area contributed by atoms with E-state index in [4.69, 9.17) is 18.9 Å². The van der Waals surface area contributed by atoms with Crippen molar-refractivity contribution >= 4 is 5.91 Å². The molecule has 2 unspecified atom stereocenters. The molecule has 0 saturated carbocycles. The molecule has 0 fully saturated rings. The van der Waals surface area contributed by atoms with E-state index in [1.807, 2.05) is 0 Å². The Bertz CT molecular complexity index is 340. The molecule has 0 aliphatic carbocycles. The standard InChI is InChI=1S/C18H39N3O7/c1-4-16(22)21-15(13-27-9-5-17(23)19-7-11-25-2)14-28-10-6-18(24)20-8-12-26-3/h15,17-20,23-24H,4-14H2,1-3H3,(H,21,22). The quantitative estimate of drug-likeness (QED) is 0.124. The van der Waals surface area contributed by atoms with E-state index >= 15 is 0 Å². The van der Waals surface area contributed by atoms with E-state index in [2.05, 4.69) is 16.0 Å². The first-order valence-corrected chi connectivity index (χ1v) is 9.79. The number of hydrogen-bond donors (Lipinski definition) is 5. The molecule has 0 heterocycles. The zero-order valence-electron chi connectivity index (χ0n) is 17.4. The summed E-state index contributed by atoms with van der Waals surface area (Å²) in [6.07, 6.45) is -0.0957. The van der Waals surface area contributed by atoms with Gasteiger partial charge >= 0.3 is 0 Å². The van der Waals surface area contributed by atoms with Crippen molar-refractivity contribution in [2.24, 2.45) is 0 Å². The third kappa shape index (κ3) is 17.3. The van der Waals surface area contributed by atoms with Crippen molar-refractivity contribution in [2.45, 2.75) is 44.7 Å². The molecular weight excluding hydrogens is 370 g/mol. The number of methoxy groups -OCH3 is 2. The molecule has 5 N–H and O–H groups in total. The summed E-state index contributed by atoms with van der Waals surface area (Å²) in [7, 11) is 3.20. The zero-order chi connectivity index (χ0) is 21.0. The largest absolute Gasteiger partial charge is 0.383 e. The van der Waals surface area contributed by atoms with E-state index < -0.39 is 12.5 Å². The van der Waals surface area contributed by atoms with Gasteiger partial charge in [0.2, 0.25) is 5.91 Å². The van der Waals surface area contributed by atoms with E-state index in [0.717, 1.165) is 0 Å². The van der Waals surface area contributed by atoms with E-state index in [-0.39, 0.29) is 25.2 Å². The second-order valence-corrected chi connectivity index (χ2v) is 6.27. The number of carbonyl (C=O) groups is 1. The highest BCUT2D eigenvalue weighted by atomic mass is 16.5. The SMILES string of the molecule is CCC(=O)NC(COCCC(O)NCCOC)COCCC(O)NCCOC. The predicted octanol–water partition coefficient (Wildman–Crippen LogP) is -1.20. The number of rotatable bonds is 20. The van der Waals surface area contributed by atoms with Crippen molar-refractivity contribution in [1.82, 2.24) is 16.0 Å². The summed E-state index contributed by atoms with van der Waals surface area (Å²) in [5.41, 5.74) is 0. The second-order valence-electron chi connectivity index (χ2n) is 6.27. The minimum atomic E-state index is -0.665. The molecule has 1 amide bonds. The maximum Gasteiger partial charge on any atom is 0.220 e. The summed E-state index contributed by atoms with van der Waals surface area (Å²) < 4.78 is 20.9. The molecule has 0 rings (SSSR count). The smallest absolute Gasteiger partial charge is 0.220 e. The van der Waals surface area contributed by atoms with Gasteiger partial charge in [0.25, 0.3) is 0 Å². The highest BCUT2D eigenvalue weighted by Crippen LogP contribution is 1.96. The van der Waals surface area contributed by atoms with Crippen LogP contribution in [-0.2, 0) is 23.7 Å². The van der Waals surface area contributed by atoms with Crippen molar-refractivity contribution in [1.29, 1.82) is 0 Å². The number of aliphatic hydroxyl groups excluding tert-OH is 2. The Morgan fingerprint density at radius 3 is 1.71 bits per heavy atom. The van der Waals surface area contributed by atoms with Gasteiger partial charge in [0.1, 0.15) is 12.5 Å². The van der Waals surface area contributed by atoms with Crippen LogP contribution in [0.2, 0.25) is 0 Å². The molecule has 168 valence electrons. The molecule has 28 heavy (non-hydrogen) atoms. The normalized spacial score (nSPS) is 14.6. The molecule has 0 aliphatic heterocycles. The number of amides is 1. The molecule has 10 nitrogen and oxygen atoms in total. The van der Waals surface area contributed by atoms with Crippen molar-refractivity contribution in [3.05, 3.63) is 0 Å². The fourth-order valence-corrected chi connectivity index (χ4v) is 2.16. The van der Waals surface area contributed by atoms with E-state index in [1.54, 1.807) is 21.1 Å². The minimum Gasteiger partial charge on any atom is -0.383 e. The van der Waals surface area contributed by atoms with Crippen LogP contribution in [0.4, 0.5) is 0 Å². The summed E-state index contributed by atoms with van der Waals surface area (Å²) in [6.45, 7) is 5.21. The van der Waals surface area contributed by atoms with Crippen LogP contribution in [0, 0.1) is 0 Å². The Morgan fingerprint density at radius 1 is 0.857 bits per heavy atom. The third-order valence-corrected chi connectivity index (χ3v) is 3.77. The monoisotopic (exact) mass is 409 g/mol. The molecule has 0 bridgehead atoms. The molecule has 2 atom stereocenters. The van der Waals surface area contributed by atoms with Gasteiger partial charge in [0, 0.05) is 46.6 Å². The average molecular weight is 410 g/mol. The molecule has 0 spiro atoms. The second kappa shape index (κ2) is 19.5. The van der Waals surface area contributed by atoms with Crippen LogP contribution in [0.5, 0.6) is 0 Å². The van der Waals surface area contributed by atoms with Crippen LogP contribution >= 0.6 is 0 Å². The van der Waals surface area contributed by atoms with Gasteiger partial charge in [-0.05, 0) is 0 Å². The van der Waals surface area contributed by atoms with Crippen molar-refractivity contribution in [2.75, 3.05) is 67.0 Å². The van der Waals surface area contributed by atoms with Gasteiger partial charge in [0.15, 0.2) is 0 Å². The van der Waals surface area contributed by atoms with Gasteiger partial charge in [-0.1, -0.05) is 6.92 Å². The number of hydrogen-bond acceptors (Lipinski definition) is 9. The summed E-state index contributed by atoms with van der Waals surface area (Å²) in [4.78, 5) is 11.7. The zero-order valence-corrected chi connectivity index (χ0v) is 17.4. The van der Waals surface area contributed by atoms with Crippen LogP contribution in [0.15, 0.2) is 0 Å². The first kappa shape index (κ1) is 27.1. The lowest BCUT2D eigenvalue weighted by atomic mass is 10.3. The van der Waals surface area contributed by atoms with Gasteiger partial charge < -0.3 is 34.5 Å². The van der Waals surface area contributed by atoms with Crippen LogP contribution in [-0.4, -0.2) is 102 Å². The van der Waals surface area contributed by atoms with Crippen molar-refractivity contribution in [3.63, 3.8) is 0 Å². The Balaban J connectivity index is 3.98. The topological polar surface area (TPSA) is 131 Å². The van der Waals surface area contributed by atoms with Crippen LogP contribution in [0.3, 0.4) is 0 Å². The molecule has 0 radical (unpaired) electrons. The summed E-state index contributed by atoms with van der Waals surface area (Å²) in [5, 5.41) is 28.2. The van der Waals surface area contributed by atoms with Gasteiger partial charge in [-0.25, -0.2) is 0 Å². The van der Waals surface area contributed by atoms with Crippen molar-refractivity contribution in [3.8, 4) is 0 Å². The van der Waals surface area contributed by atoms with E-state index in [9.17, 15) is 15.0 Å². The maximum atomic E-state index is 11.7. The Kier molecular flexibility index (Phi) is 18.9. The van der Waals surface area contributed by atoms with E-state index in [1.165, 1.54) is 0 Å². The Labute approximate surface area is 168 Å². The summed E-state index contributed by atoms with van der Waals surface area (Å²) >= 11 is 0. The van der Waals surface area contributed by atoms with Crippen LogP contribution < -0.4 is 16.0 Å². The lowest BCUT2D eigenvalue weighted by Crippen LogP contribution is -2.42. The molecule has 0 aliphatic rings. The maximum absolute atomic E-state index is 11.7. The lowest BCUT2D eigenvalue weighted by molar-refractivity contribution is -0.122. The fraction of sp³-hybridized carbons (Fsp3) is 0.944. The number of carbonyl (C=O) groups excluding carboxylic acids is 1.